The van der Waals surface area contributed by atoms with Gasteiger partial charge in [-0.2, -0.15) is 0 Å². The van der Waals surface area contributed by atoms with E-state index >= 15 is 0 Å². The molecule has 0 amide bonds. The van der Waals surface area contributed by atoms with E-state index in [-0.39, 0.29) is 6.10 Å². The molecule has 0 radical (unpaired) electrons. The largest absolute Gasteiger partial charge is 0.373 e. The van der Waals surface area contributed by atoms with Gasteiger partial charge in [-0.3, -0.25) is 4.98 Å². The van der Waals surface area contributed by atoms with Crippen molar-refractivity contribution in [3.8, 4) is 0 Å². The maximum atomic E-state index is 6.04. The first kappa shape index (κ1) is 13.5. The number of benzene rings is 1. The fourth-order valence-electron chi connectivity index (χ4n) is 3.09. The van der Waals surface area contributed by atoms with Gasteiger partial charge in [0, 0.05) is 23.7 Å². The topological polar surface area (TPSA) is 34.1 Å². The van der Waals surface area contributed by atoms with Crippen molar-refractivity contribution in [2.24, 2.45) is 0 Å². The summed E-state index contributed by atoms with van der Waals surface area (Å²) in [6.07, 6.45) is 2.33. The summed E-state index contributed by atoms with van der Waals surface area (Å²) in [6, 6.07) is 11.1. The van der Waals surface area contributed by atoms with Crippen molar-refractivity contribution in [2.75, 3.05) is 13.2 Å². The van der Waals surface area contributed by atoms with Gasteiger partial charge in [-0.15, -0.1) is 0 Å². The van der Waals surface area contributed by atoms with Crippen LogP contribution in [-0.4, -0.2) is 24.2 Å². The average Bonchev–Trinajstić information content (AvgIpc) is 2.47. The van der Waals surface area contributed by atoms with E-state index in [1.165, 1.54) is 10.9 Å². The van der Waals surface area contributed by atoms with E-state index < -0.39 is 0 Å². The van der Waals surface area contributed by atoms with Gasteiger partial charge in [0.2, 0.25) is 0 Å². The predicted molar refractivity (Wildman–Crippen MR) is 81.9 cm³/mol. The Hall–Kier alpha value is -1.45. The van der Waals surface area contributed by atoms with E-state index in [0.717, 1.165) is 37.2 Å². The van der Waals surface area contributed by atoms with Gasteiger partial charge in [0.25, 0.3) is 0 Å². The second-order valence-corrected chi connectivity index (χ2v) is 5.51. The number of nitrogens with one attached hydrogen (secondary N) is 1. The zero-order valence-electron chi connectivity index (χ0n) is 12.2. The third-order valence-electron chi connectivity index (χ3n) is 4.00. The van der Waals surface area contributed by atoms with E-state index in [0.29, 0.717) is 6.04 Å². The van der Waals surface area contributed by atoms with Crippen molar-refractivity contribution in [2.45, 2.75) is 38.8 Å². The highest BCUT2D eigenvalue weighted by Gasteiger charge is 2.25. The lowest BCUT2D eigenvalue weighted by Gasteiger charge is -2.31. The van der Waals surface area contributed by atoms with Crippen molar-refractivity contribution in [3.63, 3.8) is 0 Å². The van der Waals surface area contributed by atoms with E-state index in [4.69, 9.17) is 4.74 Å². The fraction of sp³-hybridized carbons (Fsp3) is 0.471. The van der Waals surface area contributed by atoms with Gasteiger partial charge in [-0.25, -0.2) is 0 Å². The molecule has 3 heteroatoms. The van der Waals surface area contributed by atoms with Gasteiger partial charge in [0.1, 0.15) is 0 Å². The lowest BCUT2D eigenvalue weighted by atomic mass is 9.94. The van der Waals surface area contributed by atoms with Crippen molar-refractivity contribution >= 4 is 10.9 Å². The second-order valence-electron chi connectivity index (χ2n) is 5.51. The number of pyridine rings is 1. The van der Waals surface area contributed by atoms with Gasteiger partial charge in [-0.05, 0) is 44.0 Å². The van der Waals surface area contributed by atoms with Gasteiger partial charge < -0.3 is 10.1 Å². The molecule has 1 fully saturated rings. The van der Waals surface area contributed by atoms with Gasteiger partial charge >= 0.3 is 0 Å². The maximum Gasteiger partial charge on any atom is 0.0847 e. The molecule has 1 aromatic carbocycles. The standard InChI is InChI=1S/C17H22N2O/c1-3-18-13-8-9-20-17(11-13)15-10-12(2)19-16-7-5-4-6-14(15)16/h4-7,10,13,17-18H,3,8-9,11H2,1-2H3. The molecule has 1 aliphatic heterocycles. The Morgan fingerprint density at radius 2 is 2.20 bits per heavy atom. The first-order valence-corrected chi connectivity index (χ1v) is 7.49. The summed E-state index contributed by atoms with van der Waals surface area (Å²) in [6.45, 7) is 6.07. The molecule has 3 nitrogen and oxygen atoms in total. The van der Waals surface area contributed by atoms with Crippen LogP contribution in [0.1, 0.15) is 37.1 Å². The summed E-state index contributed by atoms with van der Waals surface area (Å²) >= 11 is 0. The lowest BCUT2D eigenvalue weighted by molar-refractivity contribution is 0.00139. The molecule has 2 atom stereocenters. The summed E-state index contributed by atoms with van der Waals surface area (Å²) in [5.41, 5.74) is 3.42. The minimum absolute atomic E-state index is 0.180. The Balaban J connectivity index is 1.96. The first-order chi connectivity index (χ1) is 9.78. The molecular formula is C17H22N2O. The number of nitrogens with zero attached hydrogens (tertiary/aromatic N) is 1. The second kappa shape index (κ2) is 5.90. The molecule has 20 heavy (non-hydrogen) atoms. The summed E-state index contributed by atoms with van der Waals surface area (Å²) in [5.74, 6) is 0. The zero-order chi connectivity index (χ0) is 13.9. The maximum absolute atomic E-state index is 6.04. The third kappa shape index (κ3) is 2.69. The Kier molecular flexibility index (Phi) is 3.99. The van der Waals surface area contributed by atoms with Crippen LogP contribution in [0.25, 0.3) is 10.9 Å². The molecule has 0 bridgehead atoms. The summed E-state index contributed by atoms with van der Waals surface area (Å²) in [5, 5.41) is 4.77. The molecule has 0 spiro atoms. The lowest BCUT2D eigenvalue weighted by Crippen LogP contribution is -2.36. The number of rotatable bonds is 3. The molecule has 2 heterocycles. The molecule has 2 aromatic rings. The summed E-state index contributed by atoms with van der Waals surface area (Å²) in [4.78, 5) is 4.62. The highest BCUT2D eigenvalue weighted by Crippen LogP contribution is 2.32. The molecule has 3 rings (SSSR count). The normalized spacial score (nSPS) is 23.1. The van der Waals surface area contributed by atoms with E-state index in [9.17, 15) is 0 Å². The van der Waals surface area contributed by atoms with Crippen LogP contribution in [0.4, 0.5) is 0 Å². The van der Waals surface area contributed by atoms with E-state index in [2.05, 4.69) is 48.4 Å². The van der Waals surface area contributed by atoms with Crippen molar-refractivity contribution in [1.29, 1.82) is 0 Å². The number of aromatic nitrogens is 1. The SMILES string of the molecule is CCNC1CCOC(c2cc(C)nc3ccccc23)C1. The predicted octanol–water partition coefficient (Wildman–Crippen LogP) is 3.37. The molecule has 1 aromatic heterocycles. The quantitative estimate of drug-likeness (QED) is 0.928. The van der Waals surface area contributed by atoms with Gasteiger partial charge in [-0.1, -0.05) is 25.1 Å². The molecule has 2 unspecified atom stereocenters. The molecule has 1 saturated heterocycles. The Labute approximate surface area is 120 Å². The van der Waals surface area contributed by atoms with Crippen LogP contribution in [0.15, 0.2) is 30.3 Å². The van der Waals surface area contributed by atoms with Crippen LogP contribution in [-0.2, 0) is 4.74 Å². The minimum atomic E-state index is 0.180. The zero-order valence-corrected chi connectivity index (χ0v) is 12.2. The molecule has 106 valence electrons. The summed E-state index contributed by atoms with van der Waals surface area (Å²) in [7, 11) is 0. The highest BCUT2D eigenvalue weighted by molar-refractivity contribution is 5.82. The average molecular weight is 270 g/mol. The Morgan fingerprint density at radius 1 is 1.35 bits per heavy atom. The monoisotopic (exact) mass is 270 g/mol. The van der Waals surface area contributed by atoms with Crippen LogP contribution in [0, 0.1) is 6.92 Å². The van der Waals surface area contributed by atoms with Crippen LogP contribution in [0.5, 0.6) is 0 Å². The minimum Gasteiger partial charge on any atom is -0.373 e. The molecule has 0 aliphatic carbocycles. The van der Waals surface area contributed by atoms with Crippen molar-refractivity contribution in [1.82, 2.24) is 10.3 Å². The van der Waals surface area contributed by atoms with Crippen molar-refractivity contribution < 1.29 is 4.74 Å². The number of aryl methyl sites for hydroxylation is 1. The van der Waals surface area contributed by atoms with E-state index in [1.807, 2.05) is 6.07 Å². The van der Waals surface area contributed by atoms with Gasteiger partial charge in [0.15, 0.2) is 0 Å². The number of ether oxygens (including phenoxy) is 1. The highest BCUT2D eigenvalue weighted by atomic mass is 16.5. The number of hydrogen-bond donors (Lipinski definition) is 1. The van der Waals surface area contributed by atoms with Crippen LogP contribution >= 0.6 is 0 Å². The Bertz CT molecular complexity index is 595. The van der Waals surface area contributed by atoms with E-state index in [1.54, 1.807) is 0 Å². The fourth-order valence-corrected chi connectivity index (χ4v) is 3.09. The smallest absolute Gasteiger partial charge is 0.0847 e. The van der Waals surface area contributed by atoms with Crippen LogP contribution < -0.4 is 5.32 Å². The third-order valence-corrected chi connectivity index (χ3v) is 4.00. The van der Waals surface area contributed by atoms with Crippen LogP contribution in [0.3, 0.4) is 0 Å². The molecule has 1 aliphatic rings. The van der Waals surface area contributed by atoms with Crippen molar-refractivity contribution in [3.05, 3.63) is 41.6 Å². The van der Waals surface area contributed by atoms with Gasteiger partial charge in [0.05, 0.1) is 11.6 Å². The molecule has 0 saturated carbocycles. The number of para-hydroxylation sites is 1. The number of fused-ring (bicyclic) bond motifs is 1. The van der Waals surface area contributed by atoms with Crippen LogP contribution in [0.2, 0.25) is 0 Å². The molecular weight excluding hydrogens is 248 g/mol. The summed E-state index contributed by atoms with van der Waals surface area (Å²) < 4.78 is 6.04. The first-order valence-electron chi connectivity index (χ1n) is 7.49. The Morgan fingerprint density at radius 3 is 3.05 bits per heavy atom. The molecule has 1 N–H and O–H groups in total. The number of hydrogen-bond acceptors (Lipinski definition) is 3.